The van der Waals surface area contributed by atoms with Crippen LogP contribution < -0.4 is 4.31 Å². The van der Waals surface area contributed by atoms with Gasteiger partial charge in [0.15, 0.2) is 11.0 Å². The summed E-state index contributed by atoms with van der Waals surface area (Å²) in [7, 11) is -3.87. The second kappa shape index (κ2) is 7.49. The molecule has 0 radical (unpaired) electrons. The molecule has 7 nitrogen and oxygen atoms in total. The van der Waals surface area contributed by atoms with Crippen LogP contribution in [0.4, 0.5) is 9.52 Å². The number of halogens is 1. The molecule has 4 aromatic rings. The summed E-state index contributed by atoms with van der Waals surface area (Å²) in [5.41, 5.74) is 0.534. The molecular weight excluding hydrogens is 403 g/mol. The molecule has 0 unspecified atom stereocenters. The van der Waals surface area contributed by atoms with Gasteiger partial charge >= 0.3 is 0 Å². The highest BCUT2D eigenvalue weighted by atomic mass is 32.2. The molecule has 0 fully saturated rings. The molecule has 0 aliphatic carbocycles. The summed E-state index contributed by atoms with van der Waals surface area (Å²) < 4.78 is 45.6. The Hall–Kier alpha value is -3.11. The first-order chi connectivity index (χ1) is 13.5. The maximum atomic E-state index is 13.1. The topological polar surface area (TPSA) is 89.2 Å². The first-order valence-electron chi connectivity index (χ1n) is 8.10. The van der Waals surface area contributed by atoms with E-state index in [0.29, 0.717) is 5.56 Å². The third-order valence-corrected chi connectivity index (χ3v) is 6.47. The summed E-state index contributed by atoms with van der Waals surface area (Å²) in [4.78, 5) is 8.49. The SMILES string of the molecule is O=S(=O)(c1ccccc1)N(Cc1noc(-c2ccc(F)cc2)n1)c1nccs1. The van der Waals surface area contributed by atoms with Crippen LogP contribution in [0.3, 0.4) is 0 Å². The van der Waals surface area contributed by atoms with E-state index in [-0.39, 0.29) is 34.1 Å². The standard InChI is InChI=1S/C18H13FN4O3S2/c19-14-8-6-13(7-9-14)17-21-16(22-26-17)12-23(18-20-10-11-27-18)28(24,25)15-4-2-1-3-5-15/h1-11H,12H2. The van der Waals surface area contributed by atoms with E-state index in [1.165, 1.54) is 53.9 Å². The highest BCUT2D eigenvalue weighted by Gasteiger charge is 2.28. The van der Waals surface area contributed by atoms with Crippen molar-refractivity contribution in [2.24, 2.45) is 0 Å². The lowest BCUT2D eigenvalue weighted by Crippen LogP contribution is -2.31. The zero-order valence-electron chi connectivity index (χ0n) is 14.3. The predicted octanol–water partition coefficient (Wildman–Crippen LogP) is 3.73. The van der Waals surface area contributed by atoms with Crippen molar-refractivity contribution in [2.45, 2.75) is 11.4 Å². The van der Waals surface area contributed by atoms with Crippen LogP contribution in [0.5, 0.6) is 0 Å². The number of thiazole rings is 1. The molecule has 0 aliphatic heterocycles. The fourth-order valence-electron chi connectivity index (χ4n) is 2.47. The summed E-state index contributed by atoms with van der Waals surface area (Å²) in [6.45, 7) is -0.157. The zero-order chi connectivity index (χ0) is 19.6. The minimum atomic E-state index is -3.87. The minimum absolute atomic E-state index is 0.132. The molecule has 0 saturated heterocycles. The van der Waals surface area contributed by atoms with Gasteiger partial charge in [0.25, 0.3) is 15.9 Å². The molecule has 10 heteroatoms. The van der Waals surface area contributed by atoms with Crippen molar-refractivity contribution in [1.29, 1.82) is 0 Å². The fraction of sp³-hybridized carbons (Fsp3) is 0.0556. The molecule has 2 aromatic carbocycles. The number of nitrogens with zero attached hydrogens (tertiary/aromatic N) is 4. The van der Waals surface area contributed by atoms with Crippen molar-refractivity contribution >= 4 is 26.5 Å². The van der Waals surface area contributed by atoms with Gasteiger partial charge in [-0.25, -0.2) is 22.1 Å². The number of sulfonamides is 1. The number of aromatic nitrogens is 3. The van der Waals surface area contributed by atoms with Crippen molar-refractivity contribution in [3.63, 3.8) is 0 Å². The number of hydrogen-bond donors (Lipinski definition) is 0. The molecular formula is C18H13FN4O3S2. The summed E-state index contributed by atoms with van der Waals surface area (Å²) >= 11 is 1.18. The zero-order valence-corrected chi connectivity index (χ0v) is 15.9. The van der Waals surface area contributed by atoms with Gasteiger partial charge in [0.05, 0.1) is 4.90 Å². The Morgan fingerprint density at radius 3 is 2.50 bits per heavy atom. The molecule has 0 bridgehead atoms. The number of anilines is 1. The Bertz CT molecular complexity index is 1160. The maximum Gasteiger partial charge on any atom is 0.266 e. The van der Waals surface area contributed by atoms with E-state index in [4.69, 9.17) is 4.52 Å². The van der Waals surface area contributed by atoms with E-state index < -0.39 is 10.0 Å². The highest BCUT2D eigenvalue weighted by Crippen LogP contribution is 2.27. The molecule has 0 spiro atoms. The van der Waals surface area contributed by atoms with Crippen LogP contribution in [0, 0.1) is 5.82 Å². The Morgan fingerprint density at radius 1 is 1.07 bits per heavy atom. The number of rotatable bonds is 6. The normalized spacial score (nSPS) is 11.5. The summed E-state index contributed by atoms with van der Waals surface area (Å²) in [6, 6.07) is 13.6. The molecule has 28 heavy (non-hydrogen) atoms. The molecule has 4 rings (SSSR count). The van der Waals surface area contributed by atoms with Crippen molar-refractivity contribution < 1.29 is 17.3 Å². The van der Waals surface area contributed by atoms with Crippen LogP contribution in [0.25, 0.3) is 11.5 Å². The summed E-state index contributed by atoms with van der Waals surface area (Å²) in [5.74, 6) is -0.0485. The van der Waals surface area contributed by atoms with Gasteiger partial charge in [-0.1, -0.05) is 23.4 Å². The second-order valence-corrected chi connectivity index (χ2v) is 8.40. The van der Waals surface area contributed by atoms with Crippen LogP contribution in [0.15, 0.2) is 75.6 Å². The van der Waals surface area contributed by atoms with E-state index in [1.54, 1.807) is 23.6 Å². The van der Waals surface area contributed by atoms with Crippen LogP contribution in [0.1, 0.15) is 5.82 Å². The first-order valence-corrected chi connectivity index (χ1v) is 10.4. The van der Waals surface area contributed by atoms with Crippen LogP contribution in [0.2, 0.25) is 0 Å². The van der Waals surface area contributed by atoms with Crippen LogP contribution in [-0.4, -0.2) is 23.5 Å². The minimum Gasteiger partial charge on any atom is -0.334 e. The van der Waals surface area contributed by atoms with Gasteiger partial charge in [0.2, 0.25) is 0 Å². The van der Waals surface area contributed by atoms with Gasteiger partial charge in [0, 0.05) is 17.1 Å². The lowest BCUT2D eigenvalue weighted by atomic mass is 10.2. The van der Waals surface area contributed by atoms with Crippen molar-refractivity contribution in [3.8, 4) is 11.5 Å². The highest BCUT2D eigenvalue weighted by molar-refractivity contribution is 7.93. The molecule has 2 heterocycles. The Balaban J connectivity index is 1.67. The van der Waals surface area contributed by atoms with Crippen LogP contribution in [-0.2, 0) is 16.6 Å². The Morgan fingerprint density at radius 2 is 1.82 bits per heavy atom. The number of hydrogen-bond acceptors (Lipinski definition) is 7. The molecule has 0 atom stereocenters. The van der Waals surface area contributed by atoms with Gasteiger partial charge in [0.1, 0.15) is 12.4 Å². The lowest BCUT2D eigenvalue weighted by molar-refractivity contribution is 0.422. The third kappa shape index (κ3) is 3.64. The largest absolute Gasteiger partial charge is 0.334 e. The summed E-state index contributed by atoms with van der Waals surface area (Å²) in [6.07, 6.45) is 1.52. The van der Waals surface area contributed by atoms with E-state index in [1.807, 2.05) is 0 Å². The monoisotopic (exact) mass is 416 g/mol. The van der Waals surface area contributed by atoms with Gasteiger partial charge < -0.3 is 4.52 Å². The number of benzene rings is 2. The smallest absolute Gasteiger partial charge is 0.266 e. The molecule has 142 valence electrons. The van der Waals surface area contributed by atoms with E-state index in [0.717, 1.165) is 4.31 Å². The molecule has 0 aliphatic rings. The van der Waals surface area contributed by atoms with Crippen LogP contribution >= 0.6 is 11.3 Å². The fourth-order valence-corrected chi connectivity index (χ4v) is 4.74. The van der Waals surface area contributed by atoms with Crippen molar-refractivity contribution in [1.82, 2.24) is 15.1 Å². The third-order valence-electron chi connectivity index (χ3n) is 3.81. The maximum absolute atomic E-state index is 13.1. The Kier molecular flexibility index (Phi) is 4.88. The Labute approximate surface area is 164 Å². The molecule has 0 N–H and O–H groups in total. The molecule has 2 aromatic heterocycles. The average molecular weight is 416 g/mol. The first kappa shape index (κ1) is 18.3. The average Bonchev–Trinajstić information content (AvgIpc) is 3.39. The summed E-state index contributed by atoms with van der Waals surface area (Å²) in [5, 5.41) is 5.84. The van der Waals surface area contributed by atoms with E-state index >= 15 is 0 Å². The predicted molar refractivity (Wildman–Crippen MR) is 102 cm³/mol. The molecule has 0 saturated carbocycles. The van der Waals surface area contributed by atoms with E-state index in [2.05, 4.69) is 15.1 Å². The quantitative estimate of drug-likeness (QED) is 0.476. The van der Waals surface area contributed by atoms with Gasteiger partial charge in [-0.05, 0) is 36.4 Å². The van der Waals surface area contributed by atoms with E-state index in [9.17, 15) is 12.8 Å². The van der Waals surface area contributed by atoms with Crippen molar-refractivity contribution in [2.75, 3.05) is 4.31 Å². The van der Waals surface area contributed by atoms with Gasteiger partial charge in [-0.15, -0.1) is 11.3 Å². The van der Waals surface area contributed by atoms with Gasteiger partial charge in [-0.3, -0.25) is 0 Å². The second-order valence-electron chi connectivity index (χ2n) is 5.66. The van der Waals surface area contributed by atoms with Crippen molar-refractivity contribution in [3.05, 3.63) is 77.8 Å². The molecule has 0 amide bonds. The van der Waals surface area contributed by atoms with Gasteiger partial charge in [-0.2, -0.15) is 4.98 Å². The lowest BCUT2D eigenvalue weighted by Gasteiger charge is -2.20.